The van der Waals surface area contributed by atoms with Gasteiger partial charge in [-0.05, 0) is 53.6 Å². The molecule has 3 unspecified atom stereocenters. The number of rotatable bonds is 15. The number of aromatic nitrogens is 2. The first-order valence-electron chi connectivity index (χ1n) is 15.5. The summed E-state index contributed by atoms with van der Waals surface area (Å²) >= 11 is 3.23. The molecule has 3 atom stereocenters. The molecule has 0 aliphatic carbocycles. The fourth-order valence-corrected chi connectivity index (χ4v) is 7.10. The molecule has 9 nitrogen and oxygen atoms in total. The maximum absolute atomic E-state index is 12.3. The van der Waals surface area contributed by atoms with Gasteiger partial charge in [0, 0.05) is 37.1 Å². The number of thioether (sulfide) groups is 1. The highest BCUT2D eigenvalue weighted by Crippen LogP contribution is 2.40. The van der Waals surface area contributed by atoms with Gasteiger partial charge in [0.2, 0.25) is 5.91 Å². The number of aliphatic carboxylic acids is 1. The molecule has 0 spiro atoms. The minimum absolute atomic E-state index is 0.000453. The van der Waals surface area contributed by atoms with Crippen molar-refractivity contribution in [3.05, 3.63) is 100 Å². The normalized spacial score (nSPS) is 17.9. The zero-order chi connectivity index (χ0) is 32.3. The zero-order valence-corrected chi connectivity index (χ0v) is 27.4. The molecular weight excluding hydrogens is 623 g/mol. The van der Waals surface area contributed by atoms with Gasteiger partial charge in [-0.15, -0.1) is 10.2 Å². The van der Waals surface area contributed by atoms with E-state index < -0.39 is 12.3 Å². The summed E-state index contributed by atoms with van der Waals surface area (Å²) < 4.78 is 13.9. The minimum Gasteiger partial charge on any atom is -0.481 e. The third kappa shape index (κ3) is 9.94. The number of carbonyl (C=O) groups is 2. The Morgan fingerprint density at radius 3 is 2.39 bits per heavy atom. The minimum atomic E-state index is -0.802. The van der Waals surface area contributed by atoms with Crippen LogP contribution in [-0.2, 0) is 32.2 Å². The number of aliphatic hydroxyl groups excluding tert-OH is 1. The number of nitrogens with zero attached hydrogens (tertiary/aromatic N) is 2. The Balaban J connectivity index is 1.21. The Labute approximate surface area is 277 Å². The second-order valence-electron chi connectivity index (χ2n) is 11.3. The van der Waals surface area contributed by atoms with Gasteiger partial charge in [-0.2, -0.15) is 0 Å². The van der Waals surface area contributed by atoms with Crippen molar-refractivity contribution in [1.82, 2.24) is 15.5 Å². The molecule has 1 aliphatic heterocycles. The SMILES string of the molecule is Cc1nnc(SCC2CC(c3ccc(CO)cc3)OC(c3ccc(-c4cccc(CNC(=O)CCCCCC(=O)O)c4)cc3)O2)s1. The predicted octanol–water partition coefficient (Wildman–Crippen LogP) is 6.99. The molecule has 0 saturated carbocycles. The molecule has 1 amide bonds. The lowest BCUT2D eigenvalue weighted by molar-refractivity contribution is -0.245. The average Bonchev–Trinajstić information content (AvgIpc) is 3.51. The molecule has 3 N–H and O–H groups in total. The highest BCUT2D eigenvalue weighted by Gasteiger charge is 2.32. The zero-order valence-electron chi connectivity index (χ0n) is 25.8. The molecule has 1 aromatic heterocycles. The Morgan fingerprint density at radius 2 is 1.67 bits per heavy atom. The number of carboxylic acids is 1. The summed E-state index contributed by atoms with van der Waals surface area (Å²) in [6.07, 6.45) is 2.46. The fourth-order valence-electron chi connectivity index (χ4n) is 5.24. The van der Waals surface area contributed by atoms with E-state index in [-0.39, 0.29) is 31.1 Å². The number of unbranched alkanes of at least 4 members (excludes halogenated alkanes) is 2. The van der Waals surface area contributed by atoms with Crippen LogP contribution in [0.15, 0.2) is 77.1 Å². The fraction of sp³-hybridized carbons (Fsp3) is 0.371. The van der Waals surface area contributed by atoms with E-state index in [0.717, 1.165) is 54.9 Å². The summed E-state index contributed by atoms with van der Waals surface area (Å²) in [6, 6.07) is 24.2. The van der Waals surface area contributed by atoms with Crippen molar-refractivity contribution in [3.8, 4) is 11.1 Å². The maximum Gasteiger partial charge on any atom is 0.303 e. The van der Waals surface area contributed by atoms with Crippen molar-refractivity contribution in [3.63, 3.8) is 0 Å². The second-order valence-corrected chi connectivity index (χ2v) is 13.8. The summed E-state index contributed by atoms with van der Waals surface area (Å²) in [4.78, 5) is 22.9. The number of hydrogen-bond acceptors (Lipinski definition) is 9. The molecule has 2 heterocycles. The number of nitrogens with one attached hydrogen (secondary N) is 1. The van der Waals surface area contributed by atoms with Crippen molar-refractivity contribution in [2.45, 2.75) is 81.4 Å². The van der Waals surface area contributed by atoms with Crippen LogP contribution >= 0.6 is 23.1 Å². The van der Waals surface area contributed by atoms with Gasteiger partial charge in [0.15, 0.2) is 10.6 Å². The molecule has 5 rings (SSSR count). The van der Waals surface area contributed by atoms with Crippen LogP contribution in [0, 0.1) is 6.92 Å². The smallest absolute Gasteiger partial charge is 0.303 e. The third-order valence-electron chi connectivity index (χ3n) is 7.74. The monoisotopic (exact) mass is 661 g/mol. The van der Waals surface area contributed by atoms with Gasteiger partial charge in [0.05, 0.1) is 18.8 Å². The summed E-state index contributed by atoms with van der Waals surface area (Å²) in [6.45, 7) is 2.38. The van der Waals surface area contributed by atoms with E-state index in [9.17, 15) is 14.7 Å². The molecule has 0 radical (unpaired) electrons. The summed E-state index contributed by atoms with van der Waals surface area (Å²) in [5, 5.41) is 30.5. The first kappa shape index (κ1) is 33.7. The molecule has 1 fully saturated rings. The van der Waals surface area contributed by atoms with E-state index in [2.05, 4.69) is 33.7 Å². The third-order valence-corrected chi connectivity index (χ3v) is 9.85. The molecule has 46 heavy (non-hydrogen) atoms. The van der Waals surface area contributed by atoms with Crippen LogP contribution in [0.5, 0.6) is 0 Å². The van der Waals surface area contributed by atoms with E-state index in [4.69, 9.17) is 14.6 Å². The molecule has 1 aliphatic rings. The van der Waals surface area contributed by atoms with E-state index in [0.29, 0.717) is 32.2 Å². The summed E-state index contributed by atoms with van der Waals surface area (Å²) in [5.74, 6) is -0.106. The Hall–Kier alpha value is -3.61. The quantitative estimate of drug-likeness (QED) is 0.0911. The summed E-state index contributed by atoms with van der Waals surface area (Å²) in [7, 11) is 0. The summed E-state index contributed by atoms with van der Waals surface area (Å²) in [5.41, 5.74) is 5.92. The molecular formula is C35H39N3O6S2. The van der Waals surface area contributed by atoms with Crippen molar-refractivity contribution in [2.75, 3.05) is 5.75 Å². The van der Waals surface area contributed by atoms with Crippen molar-refractivity contribution in [2.24, 2.45) is 0 Å². The van der Waals surface area contributed by atoms with Crippen LogP contribution in [0.1, 0.15) is 78.2 Å². The molecule has 0 bridgehead atoms. The Kier molecular flexibility index (Phi) is 12.3. The molecule has 3 aromatic carbocycles. The largest absolute Gasteiger partial charge is 0.481 e. The van der Waals surface area contributed by atoms with E-state index in [1.165, 1.54) is 0 Å². The van der Waals surface area contributed by atoms with Gasteiger partial charge >= 0.3 is 5.97 Å². The van der Waals surface area contributed by atoms with E-state index in [1.807, 2.05) is 61.5 Å². The number of carboxylic acid groups (broad SMARTS) is 1. The van der Waals surface area contributed by atoms with Crippen LogP contribution in [0.4, 0.5) is 0 Å². The highest BCUT2D eigenvalue weighted by molar-refractivity contribution is 8.01. The van der Waals surface area contributed by atoms with Crippen molar-refractivity contribution >= 4 is 35.0 Å². The Bertz CT molecular complexity index is 1580. The van der Waals surface area contributed by atoms with Crippen LogP contribution in [-0.4, -0.2) is 44.1 Å². The van der Waals surface area contributed by atoms with Gasteiger partial charge in [0.25, 0.3) is 0 Å². The van der Waals surface area contributed by atoms with Gasteiger partial charge in [-0.25, -0.2) is 0 Å². The predicted molar refractivity (Wildman–Crippen MR) is 178 cm³/mol. The standard InChI is InChI=1S/C35H39N3O6S2/c1-23-37-38-35(46-23)45-22-30-19-31(27-12-10-24(21-39)11-13-27)44-34(43-30)28-16-14-26(15-17-28)29-7-5-6-25(18-29)20-36-32(40)8-3-2-4-9-33(41)42/h5-7,10-18,30-31,34,39H,2-4,8-9,19-22H2,1H3,(H,36,40)(H,41,42). The molecule has 11 heteroatoms. The topological polar surface area (TPSA) is 131 Å². The number of aliphatic hydroxyl groups is 1. The highest BCUT2D eigenvalue weighted by atomic mass is 32.2. The number of ether oxygens (including phenoxy) is 2. The Morgan fingerprint density at radius 1 is 0.913 bits per heavy atom. The number of amides is 1. The van der Waals surface area contributed by atoms with Crippen LogP contribution < -0.4 is 5.32 Å². The van der Waals surface area contributed by atoms with Crippen LogP contribution in [0.25, 0.3) is 11.1 Å². The number of hydrogen-bond donors (Lipinski definition) is 3. The van der Waals surface area contributed by atoms with E-state index >= 15 is 0 Å². The van der Waals surface area contributed by atoms with Crippen LogP contribution in [0.3, 0.4) is 0 Å². The first-order chi connectivity index (χ1) is 22.4. The van der Waals surface area contributed by atoms with Gasteiger partial charge < -0.3 is 25.0 Å². The lowest BCUT2D eigenvalue weighted by Crippen LogP contribution is -2.31. The van der Waals surface area contributed by atoms with Gasteiger partial charge in [-0.3, -0.25) is 9.59 Å². The lowest BCUT2D eigenvalue weighted by Gasteiger charge is -2.36. The lowest BCUT2D eigenvalue weighted by atomic mass is 9.99. The molecule has 242 valence electrons. The van der Waals surface area contributed by atoms with Gasteiger partial charge in [0.1, 0.15) is 5.01 Å². The van der Waals surface area contributed by atoms with Gasteiger partial charge in [-0.1, -0.05) is 96.2 Å². The maximum atomic E-state index is 12.3. The molecule has 1 saturated heterocycles. The number of aryl methyl sites for hydroxylation is 1. The number of benzene rings is 3. The van der Waals surface area contributed by atoms with Crippen molar-refractivity contribution in [1.29, 1.82) is 0 Å². The van der Waals surface area contributed by atoms with E-state index in [1.54, 1.807) is 23.1 Å². The average molecular weight is 662 g/mol. The van der Waals surface area contributed by atoms with Crippen LogP contribution in [0.2, 0.25) is 0 Å². The number of carbonyl (C=O) groups excluding carboxylic acids is 1. The van der Waals surface area contributed by atoms with Crippen molar-refractivity contribution < 1.29 is 29.3 Å². The molecule has 4 aromatic rings. The second kappa shape index (κ2) is 16.8. The first-order valence-corrected chi connectivity index (χ1v) is 17.3.